The molecule has 0 aliphatic heterocycles. The fraction of sp³-hybridized carbons (Fsp3) is 0.0714. The van der Waals surface area contributed by atoms with Crippen LogP contribution in [0.3, 0.4) is 0 Å². The number of halogens is 1. The lowest BCUT2D eigenvalue weighted by atomic mass is 10.1. The highest BCUT2D eigenvalue weighted by Crippen LogP contribution is 2.30. The van der Waals surface area contributed by atoms with Crippen LogP contribution in [0.1, 0.15) is 10.6 Å². The number of anilines is 1. The Hall–Kier alpha value is -1.36. The number of benzene rings is 1. The summed E-state index contributed by atoms with van der Waals surface area (Å²) in [6, 6.07) is 9.87. The predicted molar refractivity (Wildman–Crippen MR) is 84.1 cm³/mol. The van der Waals surface area contributed by atoms with Gasteiger partial charge in [-0.05, 0) is 23.8 Å². The molecular weight excluding hydrogens is 296 g/mol. The van der Waals surface area contributed by atoms with Crippen molar-refractivity contribution < 1.29 is 0 Å². The zero-order valence-corrected chi connectivity index (χ0v) is 12.4. The monoisotopic (exact) mass is 306 g/mol. The van der Waals surface area contributed by atoms with Crippen molar-refractivity contribution in [2.24, 2.45) is 0 Å². The Morgan fingerprint density at radius 2 is 1.89 bits per heavy atom. The van der Waals surface area contributed by atoms with Crippen molar-refractivity contribution in [2.45, 2.75) is 6.42 Å². The molecule has 2 N–H and O–H groups in total. The fourth-order valence-corrected chi connectivity index (χ4v) is 3.49. The molecule has 2 nitrogen and oxygen atoms in total. The summed E-state index contributed by atoms with van der Waals surface area (Å²) in [7, 11) is 0. The normalized spacial score (nSPS) is 10.8. The lowest BCUT2D eigenvalue weighted by Crippen LogP contribution is -1.89. The van der Waals surface area contributed by atoms with Crippen LogP contribution in [0, 0.1) is 0 Å². The van der Waals surface area contributed by atoms with E-state index >= 15 is 0 Å². The summed E-state index contributed by atoms with van der Waals surface area (Å²) >= 11 is 9.15. The van der Waals surface area contributed by atoms with E-state index in [1.807, 2.05) is 35.7 Å². The quantitative estimate of drug-likeness (QED) is 0.712. The lowest BCUT2D eigenvalue weighted by molar-refractivity contribution is 1.14. The van der Waals surface area contributed by atoms with Crippen LogP contribution in [0.15, 0.2) is 41.1 Å². The van der Waals surface area contributed by atoms with Gasteiger partial charge in [0.05, 0.1) is 15.0 Å². The van der Waals surface area contributed by atoms with Gasteiger partial charge in [-0.3, -0.25) is 0 Å². The van der Waals surface area contributed by atoms with Gasteiger partial charge in [-0.15, -0.1) is 22.7 Å². The molecule has 1 aromatic carbocycles. The first-order valence-electron chi connectivity index (χ1n) is 5.74. The second-order valence-corrected chi connectivity index (χ2v) is 6.67. The molecule has 2 aromatic heterocycles. The molecule has 0 fully saturated rings. The van der Waals surface area contributed by atoms with E-state index in [0.717, 1.165) is 32.7 Å². The highest BCUT2D eigenvalue weighted by atomic mass is 35.5. The zero-order chi connectivity index (χ0) is 13.2. The second kappa shape index (κ2) is 5.33. The van der Waals surface area contributed by atoms with Crippen molar-refractivity contribution in [2.75, 3.05) is 5.73 Å². The minimum atomic E-state index is 0.788. The van der Waals surface area contributed by atoms with Crippen LogP contribution < -0.4 is 5.73 Å². The topological polar surface area (TPSA) is 38.9 Å². The molecule has 3 rings (SSSR count). The number of thiophene rings is 1. The summed E-state index contributed by atoms with van der Waals surface area (Å²) in [6.45, 7) is 0. The molecule has 0 unspecified atom stereocenters. The molecule has 0 atom stereocenters. The van der Waals surface area contributed by atoms with Crippen LogP contribution in [0.5, 0.6) is 0 Å². The summed E-state index contributed by atoms with van der Waals surface area (Å²) in [5.41, 5.74) is 9.78. The van der Waals surface area contributed by atoms with Crippen LogP contribution in [0.4, 0.5) is 5.69 Å². The van der Waals surface area contributed by atoms with Gasteiger partial charge in [0.1, 0.15) is 0 Å². The van der Waals surface area contributed by atoms with Crippen molar-refractivity contribution >= 4 is 40.0 Å². The van der Waals surface area contributed by atoms with Crippen molar-refractivity contribution in [3.8, 4) is 11.3 Å². The number of thiazole rings is 1. The van der Waals surface area contributed by atoms with Crippen LogP contribution in [0.25, 0.3) is 11.3 Å². The number of nitrogens with two attached hydrogens (primary N) is 1. The average Bonchev–Trinajstić information content (AvgIpc) is 3.01. The standard InChI is InChI=1S/C14H11ClN2S2/c15-13-6-10(7-18-13)12-8-19-14(17-12)5-9-1-3-11(16)4-2-9/h1-4,6-8H,5,16H2. The third-order valence-corrected chi connectivity index (χ3v) is 4.69. The summed E-state index contributed by atoms with van der Waals surface area (Å²) < 4.78 is 0.795. The first kappa shape index (κ1) is 12.7. The first-order valence-corrected chi connectivity index (χ1v) is 7.87. The van der Waals surface area contributed by atoms with Crippen LogP contribution >= 0.6 is 34.3 Å². The van der Waals surface area contributed by atoms with Crippen LogP contribution in [-0.2, 0) is 6.42 Å². The molecule has 3 aromatic rings. The predicted octanol–water partition coefficient (Wildman–Crippen LogP) is 4.70. The zero-order valence-electron chi connectivity index (χ0n) is 9.97. The molecule has 5 heteroatoms. The molecule has 0 saturated heterocycles. The summed E-state index contributed by atoms with van der Waals surface area (Å²) in [6.07, 6.45) is 0.836. The van der Waals surface area contributed by atoms with Gasteiger partial charge >= 0.3 is 0 Å². The van der Waals surface area contributed by atoms with E-state index in [4.69, 9.17) is 17.3 Å². The second-order valence-electron chi connectivity index (χ2n) is 4.18. The fourth-order valence-electron chi connectivity index (χ4n) is 1.78. The van der Waals surface area contributed by atoms with Gasteiger partial charge in [0.15, 0.2) is 0 Å². The van der Waals surface area contributed by atoms with E-state index in [0.29, 0.717) is 0 Å². The Balaban J connectivity index is 1.80. The summed E-state index contributed by atoms with van der Waals surface area (Å²) in [5, 5.41) is 5.21. The SMILES string of the molecule is Nc1ccc(Cc2nc(-c3csc(Cl)c3)cs2)cc1. The lowest BCUT2D eigenvalue weighted by Gasteiger charge is -1.98. The number of rotatable bonds is 3. The van der Waals surface area contributed by atoms with Gasteiger partial charge in [0.2, 0.25) is 0 Å². The molecule has 19 heavy (non-hydrogen) atoms. The van der Waals surface area contributed by atoms with Gasteiger partial charge in [-0.25, -0.2) is 4.98 Å². The largest absolute Gasteiger partial charge is 0.399 e. The summed E-state index contributed by atoms with van der Waals surface area (Å²) in [4.78, 5) is 4.65. The first-order chi connectivity index (χ1) is 9.20. The van der Waals surface area contributed by atoms with Crippen LogP contribution in [0.2, 0.25) is 4.34 Å². The van der Waals surface area contributed by atoms with E-state index < -0.39 is 0 Å². The highest BCUT2D eigenvalue weighted by molar-refractivity contribution is 7.14. The minimum Gasteiger partial charge on any atom is -0.399 e. The Bertz CT molecular complexity index is 686. The van der Waals surface area contributed by atoms with Gasteiger partial charge < -0.3 is 5.73 Å². The Labute approximate surface area is 124 Å². The average molecular weight is 307 g/mol. The number of hydrogen-bond donors (Lipinski definition) is 1. The molecule has 0 saturated carbocycles. The third kappa shape index (κ3) is 2.97. The van der Waals surface area contributed by atoms with Crippen molar-refractivity contribution in [1.82, 2.24) is 4.98 Å². The number of aromatic nitrogens is 1. The van der Waals surface area contributed by atoms with Crippen molar-refractivity contribution in [1.29, 1.82) is 0 Å². The molecule has 0 spiro atoms. The maximum Gasteiger partial charge on any atom is 0.0976 e. The smallest absolute Gasteiger partial charge is 0.0976 e. The molecule has 0 aliphatic carbocycles. The Morgan fingerprint density at radius 1 is 1.11 bits per heavy atom. The molecule has 96 valence electrons. The van der Waals surface area contributed by atoms with E-state index in [9.17, 15) is 0 Å². The van der Waals surface area contributed by atoms with Crippen molar-refractivity contribution in [3.63, 3.8) is 0 Å². The number of nitrogens with zero attached hydrogens (tertiary/aromatic N) is 1. The van der Waals surface area contributed by atoms with E-state index in [1.165, 1.54) is 16.9 Å². The molecule has 0 aliphatic rings. The molecular formula is C14H11ClN2S2. The maximum atomic E-state index is 5.94. The molecule has 2 heterocycles. The number of hydrogen-bond acceptors (Lipinski definition) is 4. The molecule has 0 amide bonds. The minimum absolute atomic E-state index is 0.788. The Morgan fingerprint density at radius 3 is 2.58 bits per heavy atom. The van der Waals surface area contributed by atoms with E-state index in [1.54, 1.807) is 11.3 Å². The summed E-state index contributed by atoms with van der Waals surface area (Å²) in [5.74, 6) is 0. The highest BCUT2D eigenvalue weighted by Gasteiger charge is 2.07. The van der Waals surface area contributed by atoms with Crippen molar-refractivity contribution in [3.05, 3.63) is 56.0 Å². The molecule has 0 radical (unpaired) electrons. The Kier molecular flexibility index (Phi) is 3.55. The van der Waals surface area contributed by atoms with Gasteiger partial charge in [-0.2, -0.15) is 0 Å². The van der Waals surface area contributed by atoms with Crippen LogP contribution in [-0.4, -0.2) is 4.98 Å². The third-order valence-electron chi connectivity index (χ3n) is 2.75. The maximum absolute atomic E-state index is 5.94. The van der Waals surface area contributed by atoms with Gasteiger partial charge in [-0.1, -0.05) is 23.7 Å². The van der Waals surface area contributed by atoms with E-state index in [2.05, 4.69) is 10.4 Å². The van der Waals surface area contributed by atoms with E-state index in [-0.39, 0.29) is 0 Å². The van der Waals surface area contributed by atoms with Gasteiger partial charge in [0.25, 0.3) is 0 Å². The molecule has 0 bridgehead atoms. The van der Waals surface area contributed by atoms with Gasteiger partial charge in [0, 0.05) is 28.4 Å². The number of nitrogen functional groups attached to an aromatic ring is 1.